The molecule has 0 fully saturated rings. The molecular weight excluding hydrogens is 78.0 g/mol. The molecule has 0 aliphatic heterocycles. The predicted molar refractivity (Wildman–Crippen MR) is 27.7 cm³/mol. The molecule has 0 saturated heterocycles. The molecule has 0 rings (SSSR count). The van der Waals surface area contributed by atoms with Gasteiger partial charge in [-0.15, -0.1) is 6.58 Å². The summed E-state index contributed by atoms with van der Waals surface area (Å²) in [5.74, 6) is 0. The molecule has 0 unspecified atom stereocenters. The van der Waals surface area contributed by atoms with Crippen molar-refractivity contribution in [1.29, 1.82) is 0 Å². The smallest absolute Gasteiger partial charge is 0.0129 e. The topological polar surface area (TPSA) is 43.5 Å². The lowest BCUT2D eigenvalue weighted by Gasteiger charge is -1.79. The van der Waals surface area contributed by atoms with Gasteiger partial charge in [-0.25, -0.2) is 0 Å². The molecule has 0 saturated carbocycles. The van der Waals surface area contributed by atoms with Gasteiger partial charge in [-0.2, -0.15) is 0 Å². The van der Waals surface area contributed by atoms with Crippen LogP contribution in [0.3, 0.4) is 0 Å². The molecule has 3 N–H and O–H groups in total. The summed E-state index contributed by atoms with van der Waals surface area (Å²) in [6.07, 6.45) is 1.82. The van der Waals surface area contributed by atoms with Crippen molar-refractivity contribution >= 4 is 0 Å². The van der Waals surface area contributed by atoms with Gasteiger partial charge in [-0.05, 0) is 7.05 Å². The maximum Gasteiger partial charge on any atom is 0.0129 e. The average molecular weight is 89.1 g/mol. The van der Waals surface area contributed by atoms with Crippen LogP contribution in [-0.4, -0.2) is 19.1 Å². The first-order valence-electron chi connectivity index (χ1n) is 1.67. The second-order valence-corrected chi connectivity index (χ2v) is 0.846. The highest BCUT2D eigenvalue weighted by molar-refractivity contribution is 4.66. The van der Waals surface area contributed by atoms with Gasteiger partial charge in [0.15, 0.2) is 0 Å². The summed E-state index contributed by atoms with van der Waals surface area (Å²) in [7, 11) is 1.89. The van der Waals surface area contributed by atoms with Crippen LogP contribution >= 0.6 is 0 Å². The van der Waals surface area contributed by atoms with Crippen LogP contribution < -0.4 is 5.32 Å². The lowest BCUT2D eigenvalue weighted by atomic mass is 10.6. The van der Waals surface area contributed by atoms with E-state index in [-0.39, 0.29) is 5.48 Å². The second-order valence-electron chi connectivity index (χ2n) is 0.846. The summed E-state index contributed by atoms with van der Waals surface area (Å²) in [6.45, 7) is 4.39. The lowest BCUT2D eigenvalue weighted by molar-refractivity contribution is 0.824. The maximum atomic E-state index is 3.49. The van der Waals surface area contributed by atoms with Gasteiger partial charge in [0.25, 0.3) is 0 Å². The highest BCUT2D eigenvalue weighted by Crippen LogP contribution is 1.48. The van der Waals surface area contributed by atoms with Crippen molar-refractivity contribution in [2.45, 2.75) is 0 Å². The number of hydrogen-bond acceptors (Lipinski definition) is 1. The Labute approximate surface area is 38.2 Å². The molecule has 0 aromatic rings. The molecule has 0 aromatic carbocycles. The Morgan fingerprint density at radius 3 is 2.33 bits per heavy atom. The Balaban J connectivity index is 0. The summed E-state index contributed by atoms with van der Waals surface area (Å²) in [4.78, 5) is 0. The summed E-state index contributed by atoms with van der Waals surface area (Å²) in [6, 6.07) is 0. The molecule has 6 heavy (non-hydrogen) atoms. The largest absolute Gasteiger partial charge is 0.412 e. The van der Waals surface area contributed by atoms with Gasteiger partial charge in [-0.3, -0.25) is 0 Å². The molecule has 0 radical (unpaired) electrons. The predicted octanol–water partition coefficient (Wildman–Crippen LogP) is -0.433. The normalized spacial score (nSPS) is 6.17. The molecule has 0 spiro atoms. The van der Waals surface area contributed by atoms with Crippen molar-refractivity contribution in [1.82, 2.24) is 5.32 Å². The SMILES string of the molecule is C=CCNC.O. The van der Waals surface area contributed by atoms with Crippen molar-refractivity contribution in [3.63, 3.8) is 0 Å². The third-order valence-electron chi connectivity index (χ3n) is 0.348. The molecule has 0 aromatic heterocycles. The Bertz CT molecular complexity index is 28.7. The number of nitrogens with one attached hydrogen (secondary N) is 1. The maximum absolute atomic E-state index is 3.49. The van der Waals surface area contributed by atoms with Gasteiger partial charge in [0.05, 0.1) is 0 Å². The van der Waals surface area contributed by atoms with E-state index in [1.807, 2.05) is 13.1 Å². The minimum absolute atomic E-state index is 0. The Morgan fingerprint density at radius 1 is 1.83 bits per heavy atom. The summed E-state index contributed by atoms with van der Waals surface area (Å²) in [5.41, 5.74) is 0. The standard InChI is InChI=1S/C4H9N.H2O/c1-3-4-5-2;/h3,5H,1,4H2,2H3;1H2. The summed E-state index contributed by atoms with van der Waals surface area (Å²) < 4.78 is 0. The first-order chi connectivity index (χ1) is 2.41. The van der Waals surface area contributed by atoms with E-state index in [1.54, 1.807) is 0 Å². The first-order valence-corrected chi connectivity index (χ1v) is 1.67. The molecule has 2 nitrogen and oxygen atoms in total. The van der Waals surface area contributed by atoms with E-state index in [1.165, 1.54) is 0 Å². The van der Waals surface area contributed by atoms with Crippen LogP contribution in [-0.2, 0) is 0 Å². The van der Waals surface area contributed by atoms with Gasteiger partial charge >= 0.3 is 0 Å². The van der Waals surface area contributed by atoms with E-state index in [0.717, 1.165) is 6.54 Å². The van der Waals surface area contributed by atoms with Crippen LogP contribution in [0.5, 0.6) is 0 Å². The van der Waals surface area contributed by atoms with Gasteiger partial charge < -0.3 is 10.8 Å². The fourth-order valence-electron chi connectivity index (χ4n) is 0.144. The molecular formula is C4H11NO. The van der Waals surface area contributed by atoms with Crippen molar-refractivity contribution in [2.24, 2.45) is 0 Å². The molecule has 0 aliphatic rings. The number of rotatable bonds is 2. The number of likely N-dealkylation sites (N-methyl/N-ethyl adjacent to an activating group) is 1. The summed E-state index contributed by atoms with van der Waals surface area (Å²) in [5, 5.41) is 2.90. The monoisotopic (exact) mass is 89.1 g/mol. The van der Waals surface area contributed by atoms with Crippen molar-refractivity contribution in [2.75, 3.05) is 13.6 Å². The summed E-state index contributed by atoms with van der Waals surface area (Å²) >= 11 is 0. The third kappa shape index (κ3) is 9.40. The van der Waals surface area contributed by atoms with E-state index in [9.17, 15) is 0 Å². The quantitative estimate of drug-likeness (QED) is 0.458. The average Bonchev–Trinajstić information content (AvgIpc) is 1.41. The van der Waals surface area contributed by atoms with Crippen molar-refractivity contribution in [3.8, 4) is 0 Å². The Hall–Kier alpha value is -0.340. The molecule has 2 heteroatoms. The molecule has 38 valence electrons. The lowest BCUT2D eigenvalue weighted by Crippen LogP contribution is -2.02. The molecule has 0 aliphatic carbocycles. The van der Waals surface area contributed by atoms with Crippen LogP contribution in [0, 0.1) is 0 Å². The zero-order valence-corrected chi connectivity index (χ0v) is 3.99. The van der Waals surface area contributed by atoms with Crippen molar-refractivity contribution in [3.05, 3.63) is 12.7 Å². The fraction of sp³-hybridized carbons (Fsp3) is 0.500. The minimum Gasteiger partial charge on any atom is -0.412 e. The molecule has 0 heterocycles. The van der Waals surface area contributed by atoms with E-state index in [0.29, 0.717) is 0 Å². The minimum atomic E-state index is 0. The van der Waals surface area contributed by atoms with Gasteiger partial charge in [0.2, 0.25) is 0 Å². The number of hydrogen-bond donors (Lipinski definition) is 1. The Morgan fingerprint density at radius 2 is 2.33 bits per heavy atom. The molecule has 0 atom stereocenters. The second kappa shape index (κ2) is 8.82. The van der Waals surface area contributed by atoms with Crippen LogP contribution in [0.25, 0.3) is 0 Å². The van der Waals surface area contributed by atoms with E-state index >= 15 is 0 Å². The Kier molecular flexibility index (Phi) is 13.5. The molecule has 0 amide bonds. The van der Waals surface area contributed by atoms with Gasteiger partial charge in [0, 0.05) is 6.54 Å². The highest BCUT2D eigenvalue weighted by Gasteiger charge is 1.56. The van der Waals surface area contributed by atoms with E-state index < -0.39 is 0 Å². The zero-order chi connectivity index (χ0) is 4.12. The first kappa shape index (κ1) is 9.18. The van der Waals surface area contributed by atoms with Crippen LogP contribution in [0.15, 0.2) is 12.7 Å². The third-order valence-corrected chi connectivity index (χ3v) is 0.348. The van der Waals surface area contributed by atoms with Crippen LogP contribution in [0.1, 0.15) is 0 Å². The van der Waals surface area contributed by atoms with Crippen molar-refractivity contribution < 1.29 is 5.48 Å². The van der Waals surface area contributed by atoms with Gasteiger partial charge in [0.1, 0.15) is 0 Å². The highest BCUT2D eigenvalue weighted by atomic mass is 16.0. The molecule has 0 bridgehead atoms. The zero-order valence-electron chi connectivity index (χ0n) is 3.99. The van der Waals surface area contributed by atoms with E-state index in [2.05, 4.69) is 11.9 Å². The van der Waals surface area contributed by atoms with E-state index in [4.69, 9.17) is 0 Å². The van der Waals surface area contributed by atoms with Crippen LogP contribution in [0.2, 0.25) is 0 Å². The van der Waals surface area contributed by atoms with Crippen LogP contribution in [0.4, 0.5) is 0 Å². The fourth-order valence-corrected chi connectivity index (χ4v) is 0.144. The van der Waals surface area contributed by atoms with Gasteiger partial charge in [-0.1, -0.05) is 6.08 Å².